The van der Waals surface area contributed by atoms with Gasteiger partial charge in [0.25, 0.3) is 5.92 Å². The molecule has 3 aromatic rings. The van der Waals surface area contributed by atoms with Gasteiger partial charge in [0.15, 0.2) is 0 Å². The van der Waals surface area contributed by atoms with Gasteiger partial charge in [-0.05, 0) is 31.0 Å². The van der Waals surface area contributed by atoms with Gasteiger partial charge in [-0.15, -0.1) is 0 Å². The Morgan fingerprint density at radius 2 is 1.93 bits per heavy atom. The summed E-state index contributed by atoms with van der Waals surface area (Å²) in [6, 6.07) is 8.04. The van der Waals surface area contributed by atoms with E-state index in [1.807, 2.05) is 11.0 Å². The lowest BCUT2D eigenvalue weighted by Crippen LogP contribution is -2.41. The monoisotopic (exact) mass is 435 g/mol. The van der Waals surface area contributed by atoms with Crippen LogP contribution in [0.4, 0.5) is 20.3 Å². The van der Waals surface area contributed by atoms with Crippen LogP contribution in [0.1, 0.15) is 25.3 Å². The number of nitrogens with zero attached hydrogens (tertiary/aromatic N) is 4. The highest BCUT2D eigenvalue weighted by Crippen LogP contribution is 2.31. The molecule has 0 aliphatic carbocycles. The zero-order chi connectivity index (χ0) is 21.5. The quantitative estimate of drug-likeness (QED) is 0.664. The number of halogens is 2. The number of aromatic nitrogens is 3. The van der Waals surface area contributed by atoms with Crippen molar-refractivity contribution < 1.29 is 17.2 Å². The Hall–Kier alpha value is -2.75. The maximum atomic E-state index is 13.6. The molecule has 0 saturated carbocycles. The molecule has 0 atom stereocenters. The minimum absolute atomic E-state index is 0.104. The molecule has 0 bridgehead atoms. The average Bonchev–Trinajstić information content (AvgIpc) is 3.09. The highest BCUT2D eigenvalue weighted by molar-refractivity contribution is 7.93. The number of benzene rings is 1. The van der Waals surface area contributed by atoms with Gasteiger partial charge in [0.1, 0.15) is 5.82 Å². The van der Waals surface area contributed by atoms with Gasteiger partial charge in [-0.2, -0.15) is 5.10 Å². The number of para-hydroxylation sites is 1. The smallest absolute Gasteiger partial charge is 0.270 e. The van der Waals surface area contributed by atoms with Crippen molar-refractivity contribution in [1.29, 1.82) is 0 Å². The van der Waals surface area contributed by atoms with Gasteiger partial charge in [0.05, 0.1) is 22.7 Å². The predicted octanol–water partition coefficient (Wildman–Crippen LogP) is 3.49. The van der Waals surface area contributed by atoms with Crippen molar-refractivity contribution >= 4 is 32.4 Å². The van der Waals surface area contributed by atoms with Gasteiger partial charge >= 0.3 is 0 Å². The first-order chi connectivity index (χ1) is 14.1. The molecule has 0 spiro atoms. The largest absolute Gasteiger partial charge is 0.357 e. The first-order valence-electron chi connectivity index (χ1n) is 9.67. The van der Waals surface area contributed by atoms with Crippen LogP contribution in [0.3, 0.4) is 0 Å². The van der Waals surface area contributed by atoms with Crippen LogP contribution in [0.15, 0.2) is 42.7 Å². The molecule has 0 radical (unpaired) electrons. The second-order valence-electron chi connectivity index (χ2n) is 7.64. The van der Waals surface area contributed by atoms with E-state index in [0.29, 0.717) is 37.4 Å². The molecule has 1 aromatic carbocycles. The molecule has 30 heavy (non-hydrogen) atoms. The summed E-state index contributed by atoms with van der Waals surface area (Å²) in [4.78, 5) is 6.04. The van der Waals surface area contributed by atoms with Crippen molar-refractivity contribution in [2.75, 3.05) is 22.7 Å². The molecule has 0 amide bonds. The third kappa shape index (κ3) is 3.96. The van der Waals surface area contributed by atoms with E-state index in [1.165, 1.54) is 18.3 Å². The number of alkyl halides is 2. The average molecular weight is 436 g/mol. The van der Waals surface area contributed by atoms with Crippen molar-refractivity contribution in [2.24, 2.45) is 7.05 Å². The fourth-order valence-corrected chi connectivity index (χ4v) is 5.28. The second kappa shape index (κ2) is 7.50. The van der Waals surface area contributed by atoms with Gasteiger partial charge < -0.3 is 4.90 Å². The summed E-state index contributed by atoms with van der Waals surface area (Å²) in [5, 5.41) is 4.46. The van der Waals surface area contributed by atoms with Crippen LogP contribution in [0.25, 0.3) is 10.9 Å². The number of aryl methyl sites for hydroxylation is 1. The van der Waals surface area contributed by atoms with Gasteiger partial charge in [0, 0.05) is 44.2 Å². The van der Waals surface area contributed by atoms with E-state index in [2.05, 4.69) is 14.8 Å². The van der Waals surface area contributed by atoms with E-state index in [0.717, 1.165) is 17.8 Å². The zero-order valence-corrected chi connectivity index (χ0v) is 17.5. The number of fused-ring (bicyclic) bond motifs is 1. The maximum absolute atomic E-state index is 13.6. The van der Waals surface area contributed by atoms with Crippen LogP contribution in [0.5, 0.6) is 0 Å². The minimum Gasteiger partial charge on any atom is -0.357 e. The van der Waals surface area contributed by atoms with Crippen LogP contribution in [0.2, 0.25) is 0 Å². The van der Waals surface area contributed by atoms with Crippen LogP contribution in [-0.4, -0.2) is 41.5 Å². The van der Waals surface area contributed by atoms with E-state index in [1.54, 1.807) is 30.1 Å². The molecule has 3 heterocycles. The number of hydrogen-bond donors (Lipinski definition) is 1. The molecule has 1 saturated heterocycles. The molecule has 1 fully saturated rings. The van der Waals surface area contributed by atoms with E-state index in [4.69, 9.17) is 0 Å². The first-order valence-corrected chi connectivity index (χ1v) is 11.2. The van der Waals surface area contributed by atoms with Crippen molar-refractivity contribution in [3.8, 4) is 0 Å². The number of hydrogen-bond acceptors (Lipinski definition) is 5. The first kappa shape index (κ1) is 20.5. The summed E-state index contributed by atoms with van der Waals surface area (Å²) in [7, 11) is -1.85. The number of piperidine rings is 1. The third-order valence-corrected chi connectivity index (χ3v) is 7.32. The van der Waals surface area contributed by atoms with E-state index in [-0.39, 0.29) is 5.56 Å². The Morgan fingerprint density at radius 1 is 1.20 bits per heavy atom. The number of anilines is 2. The van der Waals surface area contributed by atoms with Crippen LogP contribution < -0.4 is 9.62 Å². The third-order valence-electron chi connectivity index (χ3n) is 5.47. The number of nitrogens with one attached hydrogen (secondary N) is 1. The standard InChI is InChI=1S/C20H23F2N5O2S/c1-20(21,22)15-6-9-23-18(12-15)27-10-7-16(8-11-27)30(28,29)25-17-5-3-4-14-13-24-26(2)19(14)17/h3-6,9,12-13,16,25H,7-8,10-11H2,1-2H3. The molecule has 2 aromatic heterocycles. The van der Waals surface area contributed by atoms with E-state index < -0.39 is 21.2 Å². The number of sulfonamides is 1. The highest BCUT2D eigenvalue weighted by Gasteiger charge is 2.32. The van der Waals surface area contributed by atoms with Crippen molar-refractivity contribution in [1.82, 2.24) is 14.8 Å². The predicted molar refractivity (Wildman–Crippen MR) is 112 cm³/mol. The fraction of sp³-hybridized carbons (Fsp3) is 0.400. The lowest BCUT2D eigenvalue weighted by atomic mass is 10.1. The summed E-state index contributed by atoms with van der Waals surface area (Å²) in [5.74, 6) is -2.51. The van der Waals surface area contributed by atoms with Gasteiger partial charge in [-0.1, -0.05) is 12.1 Å². The molecule has 7 nitrogen and oxygen atoms in total. The van der Waals surface area contributed by atoms with Gasteiger partial charge in [-0.25, -0.2) is 22.2 Å². The summed E-state index contributed by atoms with van der Waals surface area (Å²) in [6.07, 6.45) is 3.81. The zero-order valence-electron chi connectivity index (χ0n) is 16.7. The normalized spacial score (nSPS) is 16.2. The molecule has 4 rings (SSSR count). The topological polar surface area (TPSA) is 80.1 Å². The maximum Gasteiger partial charge on any atom is 0.270 e. The lowest BCUT2D eigenvalue weighted by Gasteiger charge is -2.33. The summed E-state index contributed by atoms with van der Waals surface area (Å²) >= 11 is 0. The van der Waals surface area contributed by atoms with Crippen molar-refractivity contribution in [3.05, 3.63) is 48.3 Å². The molecule has 10 heteroatoms. The van der Waals surface area contributed by atoms with Crippen LogP contribution >= 0.6 is 0 Å². The molecule has 160 valence electrons. The molecule has 1 aliphatic heterocycles. The molecule has 0 unspecified atom stereocenters. The second-order valence-corrected chi connectivity index (χ2v) is 9.60. The minimum atomic E-state index is -3.62. The van der Waals surface area contributed by atoms with E-state index >= 15 is 0 Å². The van der Waals surface area contributed by atoms with Crippen LogP contribution in [0, 0.1) is 0 Å². The Labute approximate surface area is 173 Å². The summed E-state index contributed by atoms with van der Waals surface area (Å²) < 4.78 is 57.5. The SMILES string of the molecule is Cn1ncc2cccc(NS(=O)(=O)C3CCN(c4cc(C(C)(F)F)ccn4)CC3)c21. The molecule has 1 N–H and O–H groups in total. The summed E-state index contributed by atoms with van der Waals surface area (Å²) in [6.45, 7) is 1.69. The number of pyridine rings is 1. The Morgan fingerprint density at radius 3 is 2.63 bits per heavy atom. The number of rotatable bonds is 5. The molecule has 1 aliphatic rings. The fourth-order valence-electron chi connectivity index (χ4n) is 3.81. The Bertz CT molecular complexity index is 1170. The van der Waals surface area contributed by atoms with Crippen molar-refractivity contribution in [3.63, 3.8) is 0 Å². The van der Waals surface area contributed by atoms with E-state index in [9.17, 15) is 17.2 Å². The molecular weight excluding hydrogens is 412 g/mol. The highest BCUT2D eigenvalue weighted by atomic mass is 32.2. The van der Waals surface area contributed by atoms with Gasteiger partial charge in [-0.3, -0.25) is 9.40 Å². The van der Waals surface area contributed by atoms with Crippen molar-refractivity contribution in [2.45, 2.75) is 30.9 Å². The summed E-state index contributed by atoms with van der Waals surface area (Å²) in [5.41, 5.74) is 1.11. The Kier molecular flexibility index (Phi) is 5.13. The van der Waals surface area contributed by atoms with Crippen LogP contribution in [-0.2, 0) is 23.0 Å². The van der Waals surface area contributed by atoms with Gasteiger partial charge in [0.2, 0.25) is 10.0 Å². The Balaban J connectivity index is 1.48. The lowest BCUT2D eigenvalue weighted by molar-refractivity contribution is 0.0174. The molecular formula is C20H23F2N5O2S.